The molecule has 0 N–H and O–H groups in total. The van der Waals surface area contributed by atoms with Crippen LogP contribution in [0.4, 0.5) is 0 Å². The molecule has 2 heterocycles. The van der Waals surface area contributed by atoms with Gasteiger partial charge in [0.1, 0.15) is 6.26 Å². The third-order valence-electron chi connectivity index (χ3n) is 5.57. The Bertz CT molecular complexity index is 814. The van der Waals surface area contributed by atoms with E-state index in [0.29, 0.717) is 36.5 Å². The molecule has 1 unspecified atom stereocenters. The van der Waals surface area contributed by atoms with Gasteiger partial charge in [0.05, 0.1) is 20.8 Å². The summed E-state index contributed by atoms with van der Waals surface area (Å²) in [5, 5.41) is 0. The Labute approximate surface area is 172 Å². The van der Waals surface area contributed by atoms with E-state index < -0.39 is 0 Å². The number of likely N-dealkylation sites (tertiary alicyclic amines) is 1. The molecule has 1 amide bonds. The van der Waals surface area contributed by atoms with Gasteiger partial charge in [0.2, 0.25) is 5.89 Å². The van der Waals surface area contributed by atoms with Crippen LogP contribution in [0.5, 0.6) is 11.5 Å². The summed E-state index contributed by atoms with van der Waals surface area (Å²) < 4.78 is 16.7. The van der Waals surface area contributed by atoms with Crippen LogP contribution >= 0.6 is 0 Å². The van der Waals surface area contributed by atoms with Crippen LogP contribution in [-0.4, -0.2) is 54.0 Å². The number of para-hydroxylation sites is 1. The van der Waals surface area contributed by atoms with Gasteiger partial charge in [-0.15, -0.1) is 0 Å². The van der Waals surface area contributed by atoms with Crippen LogP contribution < -0.4 is 9.47 Å². The first-order chi connectivity index (χ1) is 14.1. The van der Waals surface area contributed by atoms with Crippen molar-refractivity contribution in [2.45, 2.75) is 52.2 Å². The van der Waals surface area contributed by atoms with Crippen molar-refractivity contribution < 1.29 is 18.7 Å². The van der Waals surface area contributed by atoms with Crippen molar-refractivity contribution in [1.82, 2.24) is 14.8 Å². The van der Waals surface area contributed by atoms with Gasteiger partial charge in [-0.2, -0.15) is 0 Å². The molecule has 0 saturated carbocycles. The number of carbonyl (C=O) groups excluding carboxylic acids is 1. The highest BCUT2D eigenvalue weighted by Crippen LogP contribution is 2.32. The Morgan fingerprint density at radius 1 is 1.24 bits per heavy atom. The number of carbonyl (C=O) groups is 1. The predicted octanol–water partition coefficient (Wildman–Crippen LogP) is 3.73. The molecular weight excluding hydrogens is 370 g/mol. The molecule has 1 aliphatic rings. The summed E-state index contributed by atoms with van der Waals surface area (Å²) in [6.45, 7) is 7.10. The predicted molar refractivity (Wildman–Crippen MR) is 110 cm³/mol. The van der Waals surface area contributed by atoms with Gasteiger partial charge in [0.25, 0.3) is 5.91 Å². The van der Waals surface area contributed by atoms with Crippen LogP contribution in [0.15, 0.2) is 28.9 Å². The van der Waals surface area contributed by atoms with Gasteiger partial charge in [-0.05, 0) is 32.3 Å². The second kappa shape index (κ2) is 9.78. The number of amides is 1. The Hall–Kier alpha value is -2.54. The van der Waals surface area contributed by atoms with Crippen molar-refractivity contribution in [3.8, 4) is 11.5 Å². The molecule has 3 rings (SSSR count). The lowest BCUT2D eigenvalue weighted by Crippen LogP contribution is -2.32. The van der Waals surface area contributed by atoms with Crippen molar-refractivity contribution in [2.75, 3.05) is 27.3 Å². The highest BCUT2D eigenvalue weighted by atomic mass is 16.5. The number of hydrogen-bond acceptors (Lipinski definition) is 6. The number of ether oxygens (including phenoxy) is 2. The number of oxazole rings is 1. The molecule has 1 atom stereocenters. The molecule has 1 fully saturated rings. The lowest BCUT2D eigenvalue weighted by molar-refractivity contribution is 0.0787. The SMILES string of the molecule is CCC(C)N(Cc1nc(C(=O)N2CCCC2)co1)Cc1cccc(OC)c1OC. The number of hydrogen-bond donors (Lipinski definition) is 0. The van der Waals surface area contributed by atoms with Crippen LogP contribution in [0.3, 0.4) is 0 Å². The number of benzene rings is 1. The zero-order chi connectivity index (χ0) is 20.8. The van der Waals surface area contributed by atoms with Crippen molar-refractivity contribution in [2.24, 2.45) is 0 Å². The maximum atomic E-state index is 12.5. The minimum atomic E-state index is -0.0398. The van der Waals surface area contributed by atoms with E-state index in [1.54, 1.807) is 14.2 Å². The average molecular weight is 402 g/mol. The monoisotopic (exact) mass is 401 g/mol. The van der Waals surface area contributed by atoms with Crippen LogP contribution in [0, 0.1) is 0 Å². The molecule has 1 aliphatic heterocycles. The quantitative estimate of drug-likeness (QED) is 0.638. The fourth-order valence-corrected chi connectivity index (χ4v) is 3.66. The molecule has 158 valence electrons. The highest BCUT2D eigenvalue weighted by Gasteiger charge is 2.24. The lowest BCUT2D eigenvalue weighted by atomic mass is 10.1. The van der Waals surface area contributed by atoms with E-state index in [9.17, 15) is 4.79 Å². The second-order valence-corrected chi connectivity index (χ2v) is 7.44. The summed E-state index contributed by atoms with van der Waals surface area (Å²) in [4.78, 5) is 21.1. The Balaban J connectivity index is 1.76. The summed E-state index contributed by atoms with van der Waals surface area (Å²) in [5.41, 5.74) is 1.43. The molecule has 0 spiro atoms. The third-order valence-corrected chi connectivity index (χ3v) is 5.57. The lowest BCUT2D eigenvalue weighted by Gasteiger charge is -2.28. The summed E-state index contributed by atoms with van der Waals surface area (Å²) in [6.07, 6.45) is 4.57. The molecule has 0 radical (unpaired) electrons. The number of aromatic nitrogens is 1. The minimum Gasteiger partial charge on any atom is -0.493 e. The van der Waals surface area contributed by atoms with Crippen LogP contribution in [0.25, 0.3) is 0 Å². The van der Waals surface area contributed by atoms with E-state index in [1.807, 2.05) is 23.1 Å². The fourth-order valence-electron chi connectivity index (χ4n) is 3.66. The number of nitrogens with zero attached hydrogens (tertiary/aromatic N) is 3. The zero-order valence-electron chi connectivity index (χ0n) is 17.8. The molecule has 1 saturated heterocycles. The standard InChI is InChI=1S/C22H31N3O4/c1-5-16(2)25(13-17-9-8-10-19(27-3)21(17)28-4)14-20-23-18(15-29-20)22(26)24-11-6-7-12-24/h8-10,15-16H,5-7,11-14H2,1-4H3. The van der Waals surface area contributed by atoms with Gasteiger partial charge in [-0.25, -0.2) is 4.98 Å². The molecule has 2 aromatic rings. The first-order valence-electron chi connectivity index (χ1n) is 10.2. The summed E-state index contributed by atoms with van der Waals surface area (Å²) in [7, 11) is 3.29. The van der Waals surface area contributed by atoms with Crippen molar-refractivity contribution >= 4 is 5.91 Å². The van der Waals surface area contributed by atoms with E-state index >= 15 is 0 Å². The largest absolute Gasteiger partial charge is 0.493 e. The normalized spacial score (nSPS) is 15.0. The Morgan fingerprint density at radius 3 is 2.66 bits per heavy atom. The molecule has 1 aromatic carbocycles. The van der Waals surface area contributed by atoms with Crippen molar-refractivity contribution in [3.63, 3.8) is 0 Å². The van der Waals surface area contributed by atoms with Crippen molar-refractivity contribution in [3.05, 3.63) is 41.6 Å². The maximum Gasteiger partial charge on any atom is 0.275 e. The number of rotatable bonds is 9. The molecule has 0 aliphatic carbocycles. The van der Waals surface area contributed by atoms with Gasteiger partial charge in [-0.3, -0.25) is 9.69 Å². The minimum absolute atomic E-state index is 0.0398. The van der Waals surface area contributed by atoms with Gasteiger partial charge >= 0.3 is 0 Å². The van der Waals surface area contributed by atoms with E-state index in [0.717, 1.165) is 43.7 Å². The van der Waals surface area contributed by atoms with Gasteiger partial charge < -0.3 is 18.8 Å². The summed E-state index contributed by atoms with van der Waals surface area (Å²) in [5.74, 6) is 1.96. The third kappa shape index (κ3) is 4.90. The van der Waals surface area contributed by atoms with E-state index in [1.165, 1.54) is 6.26 Å². The van der Waals surface area contributed by atoms with E-state index in [-0.39, 0.29) is 5.91 Å². The summed E-state index contributed by atoms with van der Waals surface area (Å²) in [6, 6.07) is 6.19. The highest BCUT2D eigenvalue weighted by molar-refractivity contribution is 5.92. The van der Waals surface area contributed by atoms with Gasteiger partial charge in [-0.1, -0.05) is 19.1 Å². The Morgan fingerprint density at radius 2 is 2.00 bits per heavy atom. The van der Waals surface area contributed by atoms with Crippen molar-refractivity contribution in [1.29, 1.82) is 0 Å². The fraction of sp³-hybridized carbons (Fsp3) is 0.545. The molecule has 29 heavy (non-hydrogen) atoms. The number of methoxy groups -OCH3 is 2. The van der Waals surface area contributed by atoms with E-state index in [2.05, 4.69) is 23.7 Å². The first kappa shape index (κ1) is 21.2. The maximum absolute atomic E-state index is 12.5. The average Bonchev–Trinajstić information content (AvgIpc) is 3.44. The Kier molecular flexibility index (Phi) is 7.14. The molecule has 7 nitrogen and oxygen atoms in total. The van der Waals surface area contributed by atoms with Crippen LogP contribution in [0.2, 0.25) is 0 Å². The topological polar surface area (TPSA) is 68.0 Å². The molecule has 0 bridgehead atoms. The van der Waals surface area contributed by atoms with Crippen LogP contribution in [0.1, 0.15) is 55.1 Å². The smallest absolute Gasteiger partial charge is 0.275 e. The molecule has 7 heteroatoms. The zero-order valence-corrected chi connectivity index (χ0v) is 17.8. The molecular formula is C22H31N3O4. The van der Waals surface area contributed by atoms with Gasteiger partial charge in [0, 0.05) is 31.2 Å². The molecule has 1 aromatic heterocycles. The summed E-state index contributed by atoms with van der Waals surface area (Å²) >= 11 is 0. The first-order valence-corrected chi connectivity index (χ1v) is 10.2. The van der Waals surface area contributed by atoms with Gasteiger partial charge in [0.15, 0.2) is 17.2 Å². The second-order valence-electron chi connectivity index (χ2n) is 7.44. The van der Waals surface area contributed by atoms with E-state index in [4.69, 9.17) is 13.9 Å². The van der Waals surface area contributed by atoms with Crippen LogP contribution in [-0.2, 0) is 13.1 Å².